The lowest BCUT2D eigenvalue weighted by Gasteiger charge is -2.15. The number of nitrogens with one attached hydrogen (secondary N) is 2. The van der Waals surface area contributed by atoms with Gasteiger partial charge in [-0.25, -0.2) is 9.18 Å². The number of amides is 2. The van der Waals surface area contributed by atoms with Crippen LogP contribution in [0.3, 0.4) is 0 Å². The van der Waals surface area contributed by atoms with Gasteiger partial charge < -0.3 is 15.5 Å². The fraction of sp³-hybridized carbons (Fsp3) is 0.278. The molecule has 0 fully saturated rings. The third-order valence-corrected chi connectivity index (χ3v) is 3.61. The number of hydrogen-bond acceptors (Lipinski definition) is 2. The quantitative estimate of drug-likeness (QED) is 0.886. The van der Waals surface area contributed by atoms with Crippen LogP contribution in [0.25, 0.3) is 0 Å². The fourth-order valence-electron chi connectivity index (χ4n) is 2.24. The summed E-state index contributed by atoms with van der Waals surface area (Å²) in [5.74, 6) is -0.246. The minimum absolute atomic E-state index is 0.246. The number of hydrogen-bond donors (Lipinski definition) is 2. The minimum Gasteiger partial charge on any atom is -0.378 e. The highest BCUT2D eigenvalue weighted by molar-refractivity contribution is 5.90. The Morgan fingerprint density at radius 1 is 1.17 bits per heavy atom. The predicted molar refractivity (Wildman–Crippen MR) is 92.6 cm³/mol. The summed E-state index contributed by atoms with van der Waals surface area (Å²) in [6.45, 7) is 2.32. The van der Waals surface area contributed by atoms with Gasteiger partial charge in [0.05, 0.1) is 0 Å². The summed E-state index contributed by atoms with van der Waals surface area (Å²) in [6, 6.07) is 12.1. The summed E-state index contributed by atoms with van der Waals surface area (Å²) in [4.78, 5) is 13.9. The van der Waals surface area contributed by atoms with Crippen molar-refractivity contribution in [2.75, 3.05) is 30.9 Å². The van der Waals surface area contributed by atoms with E-state index in [-0.39, 0.29) is 11.8 Å². The Bertz CT molecular complexity index is 686. The summed E-state index contributed by atoms with van der Waals surface area (Å²) in [5.41, 5.74) is 3.42. The maximum absolute atomic E-state index is 13.5. The first-order valence-electron chi connectivity index (χ1n) is 7.53. The predicted octanol–water partition coefficient (Wildman–Crippen LogP) is 3.56. The summed E-state index contributed by atoms with van der Waals surface area (Å²) in [7, 11) is 3.94. The van der Waals surface area contributed by atoms with Crippen LogP contribution in [0.5, 0.6) is 0 Å². The van der Waals surface area contributed by atoms with E-state index in [9.17, 15) is 9.18 Å². The first kappa shape index (κ1) is 16.8. The molecule has 122 valence electrons. The zero-order chi connectivity index (χ0) is 16.8. The third kappa shape index (κ3) is 4.71. The van der Waals surface area contributed by atoms with Crippen molar-refractivity contribution in [3.63, 3.8) is 0 Å². The van der Waals surface area contributed by atoms with Crippen molar-refractivity contribution in [3.8, 4) is 0 Å². The van der Waals surface area contributed by atoms with Gasteiger partial charge in [-0.1, -0.05) is 18.2 Å². The van der Waals surface area contributed by atoms with Crippen LogP contribution in [0.2, 0.25) is 0 Å². The number of carbonyl (C=O) groups excluding carboxylic acids is 1. The van der Waals surface area contributed by atoms with E-state index in [1.807, 2.05) is 44.1 Å². The molecule has 0 heterocycles. The molecule has 2 rings (SSSR count). The van der Waals surface area contributed by atoms with Crippen molar-refractivity contribution in [2.24, 2.45) is 0 Å². The molecule has 0 aliphatic rings. The SMILES string of the molecule is Cc1cc(N(C)C)ccc1NC(=O)NCCc1ccccc1F. The van der Waals surface area contributed by atoms with E-state index < -0.39 is 0 Å². The molecule has 0 aliphatic carbocycles. The second-order valence-corrected chi connectivity index (χ2v) is 5.62. The highest BCUT2D eigenvalue weighted by atomic mass is 19.1. The van der Waals surface area contributed by atoms with Crippen LogP contribution < -0.4 is 15.5 Å². The average Bonchev–Trinajstić information content (AvgIpc) is 2.51. The van der Waals surface area contributed by atoms with Crippen LogP contribution >= 0.6 is 0 Å². The fourth-order valence-corrected chi connectivity index (χ4v) is 2.24. The lowest BCUT2D eigenvalue weighted by atomic mass is 10.1. The van der Waals surface area contributed by atoms with Gasteiger partial charge in [-0.15, -0.1) is 0 Å². The first-order valence-corrected chi connectivity index (χ1v) is 7.53. The minimum atomic E-state index is -0.290. The van der Waals surface area contributed by atoms with Gasteiger partial charge >= 0.3 is 6.03 Å². The van der Waals surface area contributed by atoms with Gasteiger partial charge in [0.2, 0.25) is 0 Å². The second-order valence-electron chi connectivity index (χ2n) is 5.62. The van der Waals surface area contributed by atoms with E-state index in [1.54, 1.807) is 18.2 Å². The van der Waals surface area contributed by atoms with Crippen LogP contribution in [-0.2, 0) is 6.42 Å². The van der Waals surface area contributed by atoms with Crippen LogP contribution in [0.4, 0.5) is 20.6 Å². The molecule has 0 aliphatic heterocycles. The number of anilines is 2. The molecule has 0 aromatic heterocycles. The molecule has 2 aromatic carbocycles. The highest BCUT2D eigenvalue weighted by Gasteiger charge is 2.06. The topological polar surface area (TPSA) is 44.4 Å². The van der Waals surface area contributed by atoms with Gasteiger partial charge in [-0.05, 0) is 48.7 Å². The Labute approximate surface area is 136 Å². The van der Waals surface area contributed by atoms with Gasteiger partial charge in [-0.3, -0.25) is 0 Å². The molecular formula is C18H22FN3O. The number of rotatable bonds is 5. The number of benzene rings is 2. The Hall–Kier alpha value is -2.56. The van der Waals surface area contributed by atoms with E-state index in [0.29, 0.717) is 18.5 Å². The van der Waals surface area contributed by atoms with Crippen molar-refractivity contribution < 1.29 is 9.18 Å². The largest absolute Gasteiger partial charge is 0.378 e. The van der Waals surface area contributed by atoms with Gasteiger partial charge in [0.1, 0.15) is 5.82 Å². The van der Waals surface area contributed by atoms with Gasteiger partial charge in [-0.2, -0.15) is 0 Å². The molecule has 2 amide bonds. The highest BCUT2D eigenvalue weighted by Crippen LogP contribution is 2.21. The number of nitrogens with zero attached hydrogens (tertiary/aromatic N) is 1. The van der Waals surface area contributed by atoms with E-state index >= 15 is 0 Å². The van der Waals surface area contributed by atoms with Gasteiger partial charge in [0, 0.05) is 32.0 Å². The van der Waals surface area contributed by atoms with Crippen molar-refractivity contribution in [3.05, 3.63) is 59.4 Å². The zero-order valence-electron chi connectivity index (χ0n) is 13.7. The normalized spacial score (nSPS) is 10.3. The number of aryl methyl sites for hydroxylation is 1. The van der Waals surface area contributed by atoms with E-state index in [2.05, 4.69) is 10.6 Å². The molecule has 0 saturated heterocycles. The molecule has 2 N–H and O–H groups in total. The first-order chi connectivity index (χ1) is 11.0. The second kappa shape index (κ2) is 7.63. The number of halogens is 1. The van der Waals surface area contributed by atoms with Crippen molar-refractivity contribution in [1.29, 1.82) is 0 Å². The van der Waals surface area contributed by atoms with Crippen LogP contribution in [0.15, 0.2) is 42.5 Å². The van der Waals surface area contributed by atoms with Gasteiger partial charge in [0.15, 0.2) is 0 Å². The lowest BCUT2D eigenvalue weighted by Crippen LogP contribution is -2.30. The van der Waals surface area contributed by atoms with E-state index in [4.69, 9.17) is 0 Å². The molecule has 0 bridgehead atoms. The molecule has 5 heteroatoms. The third-order valence-electron chi connectivity index (χ3n) is 3.61. The standard InChI is InChI=1S/C18H22FN3O/c1-13-12-15(22(2)3)8-9-17(13)21-18(23)20-11-10-14-6-4-5-7-16(14)19/h4-9,12H,10-11H2,1-3H3,(H2,20,21,23). The van der Waals surface area contributed by atoms with Gasteiger partial charge in [0.25, 0.3) is 0 Å². The maximum Gasteiger partial charge on any atom is 0.319 e. The molecule has 23 heavy (non-hydrogen) atoms. The lowest BCUT2D eigenvalue weighted by molar-refractivity contribution is 0.252. The van der Waals surface area contributed by atoms with E-state index in [1.165, 1.54) is 6.07 Å². The average molecular weight is 315 g/mol. The Kier molecular flexibility index (Phi) is 5.57. The molecule has 0 radical (unpaired) electrons. The van der Waals surface area contributed by atoms with E-state index in [0.717, 1.165) is 16.9 Å². The summed E-state index contributed by atoms with van der Waals surface area (Å²) >= 11 is 0. The molecule has 0 saturated carbocycles. The number of urea groups is 1. The van der Waals surface area contributed by atoms with Crippen LogP contribution in [0.1, 0.15) is 11.1 Å². The Morgan fingerprint density at radius 2 is 1.91 bits per heavy atom. The Morgan fingerprint density at radius 3 is 2.57 bits per heavy atom. The summed E-state index contributed by atoms with van der Waals surface area (Å²) in [6.07, 6.45) is 0.457. The number of carbonyl (C=O) groups is 1. The molecule has 0 spiro atoms. The summed E-state index contributed by atoms with van der Waals surface area (Å²) in [5, 5.41) is 5.56. The zero-order valence-corrected chi connectivity index (χ0v) is 13.7. The smallest absolute Gasteiger partial charge is 0.319 e. The van der Waals surface area contributed by atoms with Crippen molar-refractivity contribution in [2.45, 2.75) is 13.3 Å². The molecule has 0 atom stereocenters. The Balaban J connectivity index is 1.86. The van der Waals surface area contributed by atoms with Crippen molar-refractivity contribution in [1.82, 2.24) is 5.32 Å². The van der Waals surface area contributed by atoms with Crippen LogP contribution in [0, 0.1) is 12.7 Å². The summed E-state index contributed by atoms with van der Waals surface area (Å²) < 4.78 is 13.5. The van der Waals surface area contributed by atoms with Crippen LogP contribution in [-0.4, -0.2) is 26.7 Å². The van der Waals surface area contributed by atoms with Crippen molar-refractivity contribution >= 4 is 17.4 Å². The monoisotopic (exact) mass is 315 g/mol. The molecule has 0 unspecified atom stereocenters. The molecular weight excluding hydrogens is 293 g/mol. The molecule has 2 aromatic rings. The maximum atomic E-state index is 13.5. The molecule has 4 nitrogen and oxygen atoms in total.